The SMILES string of the molecule is COC(=O)Cn1ncc(NC2CCS(=O)CC2)c(Br)c1=O. The number of hydrogen-bond acceptors (Lipinski definition) is 6. The minimum absolute atomic E-state index is 0.177. The number of halogens is 1. The first-order chi connectivity index (χ1) is 10.0. The van der Waals surface area contributed by atoms with E-state index in [0.29, 0.717) is 21.7 Å². The summed E-state index contributed by atoms with van der Waals surface area (Å²) < 4.78 is 17.2. The molecule has 1 saturated heterocycles. The molecule has 21 heavy (non-hydrogen) atoms. The molecule has 0 aliphatic carbocycles. The second-order valence-corrected chi connectivity index (χ2v) is 7.17. The van der Waals surface area contributed by atoms with Crippen molar-refractivity contribution < 1.29 is 13.7 Å². The summed E-state index contributed by atoms with van der Waals surface area (Å²) in [6, 6.07) is 0.177. The van der Waals surface area contributed by atoms with E-state index in [1.54, 1.807) is 0 Å². The van der Waals surface area contributed by atoms with Crippen molar-refractivity contribution in [1.29, 1.82) is 0 Å². The van der Waals surface area contributed by atoms with Gasteiger partial charge in [0.25, 0.3) is 5.56 Å². The molecule has 116 valence electrons. The monoisotopic (exact) mass is 377 g/mol. The Balaban J connectivity index is 2.11. The van der Waals surface area contributed by atoms with Crippen molar-refractivity contribution in [2.24, 2.45) is 0 Å². The quantitative estimate of drug-likeness (QED) is 0.768. The van der Waals surface area contributed by atoms with Crippen molar-refractivity contribution >= 4 is 38.4 Å². The maximum Gasteiger partial charge on any atom is 0.327 e. The number of rotatable bonds is 4. The largest absolute Gasteiger partial charge is 0.468 e. The number of esters is 1. The average Bonchev–Trinajstić information content (AvgIpc) is 2.49. The lowest BCUT2D eigenvalue weighted by Gasteiger charge is -2.23. The Morgan fingerprint density at radius 1 is 1.57 bits per heavy atom. The van der Waals surface area contributed by atoms with E-state index < -0.39 is 22.3 Å². The second kappa shape index (κ2) is 7.17. The number of carbonyl (C=O) groups is 1. The minimum atomic E-state index is -0.725. The maximum absolute atomic E-state index is 12.1. The first kappa shape index (κ1) is 16.2. The predicted molar refractivity (Wildman–Crippen MR) is 82.7 cm³/mol. The first-order valence-corrected chi connectivity index (χ1v) is 8.73. The minimum Gasteiger partial charge on any atom is -0.468 e. The van der Waals surface area contributed by atoms with Crippen LogP contribution in [0, 0.1) is 0 Å². The summed E-state index contributed by atoms with van der Waals surface area (Å²) in [6.45, 7) is -0.226. The molecule has 1 N–H and O–H groups in total. The third-order valence-corrected chi connectivity index (χ3v) is 5.39. The van der Waals surface area contributed by atoms with Crippen LogP contribution in [0.1, 0.15) is 12.8 Å². The smallest absolute Gasteiger partial charge is 0.327 e. The molecule has 0 radical (unpaired) electrons. The van der Waals surface area contributed by atoms with Gasteiger partial charge < -0.3 is 10.1 Å². The third-order valence-electron chi connectivity index (χ3n) is 3.24. The maximum atomic E-state index is 12.1. The fourth-order valence-corrected chi connectivity index (χ4v) is 3.74. The Kier molecular flexibility index (Phi) is 5.51. The first-order valence-electron chi connectivity index (χ1n) is 6.45. The molecule has 2 heterocycles. The number of aromatic nitrogens is 2. The fourth-order valence-electron chi connectivity index (χ4n) is 2.02. The Labute approximate surface area is 132 Å². The van der Waals surface area contributed by atoms with Crippen LogP contribution in [0.3, 0.4) is 0 Å². The molecule has 2 rings (SSSR count). The second-order valence-electron chi connectivity index (χ2n) is 4.68. The number of methoxy groups -OCH3 is 1. The summed E-state index contributed by atoms with van der Waals surface area (Å²) in [6.07, 6.45) is 3.09. The van der Waals surface area contributed by atoms with Gasteiger partial charge >= 0.3 is 5.97 Å². The van der Waals surface area contributed by atoms with Crippen LogP contribution in [0.5, 0.6) is 0 Å². The summed E-state index contributed by atoms with van der Waals surface area (Å²) in [5, 5.41) is 7.19. The van der Waals surface area contributed by atoms with Crippen molar-refractivity contribution in [2.75, 3.05) is 23.9 Å². The molecule has 0 unspecified atom stereocenters. The lowest BCUT2D eigenvalue weighted by molar-refractivity contribution is -0.141. The van der Waals surface area contributed by atoms with E-state index in [0.717, 1.165) is 17.5 Å². The molecule has 0 spiro atoms. The molecule has 0 saturated carbocycles. The highest BCUT2D eigenvalue weighted by molar-refractivity contribution is 9.10. The Hall–Kier alpha value is -1.22. The normalized spacial score (nSPS) is 21.8. The van der Waals surface area contributed by atoms with Crippen molar-refractivity contribution in [3.05, 3.63) is 21.0 Å². The molecule has 1 fully saturated rings. The molecule has 0 aromatic carbocycles. The van der Waals surface area contributed by atoms with Gasteiger partial charge in [0.1, 0.15) is 11.0 Å². The average molecular weight is 378 g/mol. The van der Waals surface area contributed by atoms with Crippen LogP contribution in [-0.2, 0) is 26.9 Å². The van der Waals surface area contributed by atoms with Gasteiger partial charge in [-0.25, -0.2) is 4.68 Å². The van der Waals surface area contributed by atoms with Gasteiger partial charge in [0.05, 0.1) is 19.0 Å². The van der Waals surface area contributed by atoms with E-state index in [-0.39, 0.29) is 12.6 Å². The van der Waals surface area contributed by atoms with Gasteiger partial charge in [0.15, 0.2) is 0 Å². The zero-order chi connectivity index (χ0) is 15.4. The standard InChI is InChI=1S/C12H16BrN3O4S/c1-20-10(17)7-16-12(18)11(13)9(6-14-16)15-8-2-4-21(19)5-3-8/h6,8,15H,2-5,7H2,1H3. The van der Waals surface area contributed by atoms with Gasteiger partial charge in [-0.15, -0.1) is 0 Å². The number of nitrogens with one attached hydrogen (secondary N) is 1. The summed E-state index contributed by atoms with van der Waals surface area (Å²) in [5.74, 6) is 0.802. The van der Waals surface area contributed by atoms with Gasteiger partial charge in [0.2, 0.25) is 0 Å². The van der Waals surface area contributed by atoms with E-state index in [1.807, 2.05) is 0 Å². The van der Waals surface area contributed by atoms with Crippen LogP contribution in [0.2, 0.25) is 0 Å². The van der Waals surface area contributed by atoms with E-state index in [1.165, 1.54) is 13.3 Å². The number of carbonyl (C=O) groups excluding carboxylic acids is 1. The Morgan fingerprint density at radius 2 is 2.24 bits per heavy atom. The molecule has 1 aromatic heterocycles. The van der Waals surface area contributed by atoms with Crippen LogP contribution in [0.15, 0.2) is 15.5 Å². The number of hydrogen-bond donors (Lipinski definition) is 1. The van der Waals surface area contributed by atoms with Crippen molar-refractivity contribution in [3.8, 4) is 0 Å². The van der Waals surface area contributed by atoms with Crippen molar-refractivity contribution in [2.45, 2.75) is 25.4 Å². The summed E-state index contributed by atoms with van der Waals surface area (Å²) in [5.41, 5.74) is 0.184. The van der Waals surface area contributed by atoms with Gasteiger partial charge in [-0.3, -0.25) is 13.8 Å². The number of nitrogens with zero attached hydrogens (tertiary/aromatic N) is 2. The van der Waals surface area contributed by atoms with Crippen LogP contribution in [0.4, 0.5) is 5.69 Å². The molecule has 0 amide bonds. The van der Waals surface area contributed by atoms with Gasteiger partial charge in [-0.1, -0.05) is 0 Å². The summed E-state index contributed by atoms with van der Waals surface area (Å²) >= 11 is 3.23. The van der Waals surface area contributed by atoms with Crippen molar-refractivity contribution in [1.82, 2.24) is 9.78 Å². The molecule has 7 nitrogen and oxygen atoms in total. The van der Waals surface area contributed by atoms with Crippen LogP contribution >= 0.6 is 15.9 Å². The molecular weight excluding hydrogens is 362 g/mol. The zero-order valence-electron chi connectivity index (χ0n) is 11.5. The highest BCUT2D eigenvalue weighted by atomic mass is 79.9. The molecule has 9 heteroatoms. The Bertz CT molecular complexity index is 609. The molecule has 1 aliphatic rings. The van der Waals surface area contributed by atoms with Crippen molar-refractivity contribution in [3.63, 3.8) is 0 Å². The molecule has 1 aliphatic heterocycles. The third kappa shape index (κ3) is 4.13. The topological polar surface area (TPSA) is 90.3 Å². The van der Waals surface area contributed by atoms with Crippen LogP contribution in [0.25, 0.3) is 0 Å². The summed E-state index contributed by atoms with van der Waals surface area (Å²) in [7, 11) is 0.531. The van der Waals surface area contributed by atoms with Gasteiger partial charge in [-0.2, -0.15) is 5.10 Å². The van der Waals surface area contributed by atoms with E-state index in [9.17, 15) is 13.8 Å². The highest BCUT2D eigenvalue weighted by Crippen LogP contribution is 2.21. The summed E-state index contributed by atoms with van der Waals surface area (Å²) in [4.78, 5) is 23.3. The van der Waals surface area contributed by atoms with Crippen LogP contribution in [-0.4, -0.2) is 44.6 Å². The van der Waals surface area contributed by atoms with E-state index >= 15 is 0 Å². The highest BCUT2D eigenvalue weighted by Gasteiger charge is 2.19. The fraction of sp³-hybridized carbons (Fsp3) is 0.583. The van der Waals surface area contributed by atoms with E-state index in [2.05, 4.69) is 31.1 Å². The van der Waals surface area contributed by atoms with Gasteiger partial charge in [-0.05, 0) is 28.8 Å². The zero-order valence-corrected chi connectivity index (χ0v) is 13.9. The molecule has 0 atom stereocenters. The molecule has 1 aromatic rings. The number of ether oxygens (including phenoxy) is 1. The van der Waals surface area contributed by atoms with Crippen LogP contribution < -0.4 is 10.9 Å². The van der Waals surface area contributed by atoms with Gasteiger partial charge in [0, 0.05) is 28.3 Å². The molecule has 0 bridgehead atoms. The van der Waals surface area contributed by atoms with E-state index in [4.69, 9.17) is 0 Å². The predicted octanol–water partition coefficient (Wildman–Crippen LogP) is 0.502. The lowest BCUT2D eigenvalue weighted by atomic mass is 10.1. The number of anilines is 1. The Morgan fingerprint density at radius 3 is 2.86 bits per heavy atom. The lowest BCUT2D eigenvalue weighted by Crippen LogP contribution is -2.32. The molecular formula is C12H16BrN3O4S.